The lowest BCUT2D eigenvalue weighted by Crippen LogP contribution is -2.34. The highest BCUT2D eigenvalue weighted by atomic mass is 32.1. The molecular weight excluding hydrogens is 340 g/mol. The summed E-state index contributed by atoms with van der Waals surface area (Å²) in [6.45, 7) is 0. The molecule has 2 aromatic rings. The molecule has 0 radical (unpaired) electrons. The molecule has 0 heterocycles. The van der Waals surface area contributed by atoms with Crippen molar-refractivity contribution in [2.45, 2.75) is 0 Å². The van der Waals surface area contributed by atoms with Crippen LogP contribution in [0.15, 0.2) is 54.6 Å². The van der Waals surface area contributed by atoms with Crippen LogP contribution in [0.3, 0.4) is 0 Å². The number of ether oxygens (including phenoxy) is 1. The first-order valence-corrected chi connectivity index (χ1v) is 7.66. The zero-order valence-electron chi connectivity index (χ0n) is 13.4. The van der Waals surface area contributed by atoms with E-state index in [1.54, 1.807) is 48.5 Å². The number of carbonyl (C=O) groups excluding carboxylic acids is 1. The number of carboxylic acids is 1. The highest BCUT2D eigenvalue weighted by molar-refractivity contribution is 7.80. The third-order valence-corrected chi connectivity index (χ3v) is 3.33. The van der Waals surface area contributed by atoms with Crippen molar-refractivity contribution in [3.63, 3.8) is 0 Å². The Kier molecular flexibility index (Phi) is 6.25. The minimum absolute atomic E-state index is 0.132. The van der Waals surface area contributed by atoms with Crippen LogP contribution in [-0.4, -0.2) is 29.2 Å². The quantitative estimate of drug-likeness (QED) is 0.564. The van der Waals surface area contributed by atoms with Crippen molar-refractivity contribution in [2.75, 3.05) is 12.4 Å². The van der Waals surface area contributed by atoms with Gasteiger partial charge in [0, 0.05) is 17.3 Å². The number of aliphatic carboxylic acids is 1. The molecule has 0 unspecified atom stereocenters. The third-order valence-electron chi connectivity index (χ3n) is 3.12. The van der Waals surface area contributed by atoms with Crippen molar-refractivity contribution in [3.8, 4) is 5.75 Å². The molecule has 25 heavy (non-hydrogen) atoms. The predicted molar refractivity (Wildman–Crippen MR) is 99.8 cm³/mol. The van der Waals surface area contributed by atoms with E-state index in [4.69, 9.17) is 22.1 Å². The van der Waals surface area contributed by atoms with Crippen LogP contribution in [-0.2, 0) is 4.79 Å². The normalized spacial score (nSPS) is 10.3. The monoisotopic (exact) mass is 356 g/mol. The highest BCUT2D eigenvalue weighted by Crippen LogP contribution is 2.14. The van der Waals surface area contributed by atoms with Crippen molar-refractivity contribution >= 4 is 41.0 Å². The lowest BCUT2D eigenvalue weighted by atomic mass is 10.2. The number of carboxylic acid groups (broad SMARTS) is 1. The molecule has 0 fully saturated rings. The molecule has 2 rings (SSSR count). The number of rotatable bonds is 5. The van der Waals surface area contributed by atoms with Crippen LogP contribution >= 0.6 is 12.2 Å². The number of nitrogens with one attached hydrogen (secondary N) is 2. The lowest BCUT2D eigenvalue weighted by molar-refractivity contribution is -0.131. The molecule has 0 atom stereocenters. The zero-order valence-corrected chi connectivity index (χ0v) is 14.2. The molecule has 0 aliphatic rings. The summed E-state index contributed by atoms with van der Waals surface area (Å²) in [7, 11) is 1.52. The van der Waals surface area contributed by atoms with Crippen LogP contribution in [0.4, 0.5) is 5.69 Å². The molecular formula is C18H16N2O4S. The Balaban J connectivity index is 2.01. The van der Waals surface area contributed by atoms with Crippen molar-refractivity contribution < 1.29 is 19.4 Å². The number of hydrogen-bond donors (Lipinski definition) is 3. The predicted octanol–water partition coefficient (Wildman–Crippen LogP) is 2.92. The van der Waals surface area contributed by atoms with Gasteiger partial charge in [-0.05, 0) is 54.2 Å². The van der Waals surface area contributed by atoms with Gasteiger partial charge in [-0.15, -0.1) is 0 Å². The van der Waals surface area contributed by atoms with Crippen molar-refractivity contribution in [1.82, 2.24) is 5.32 Å². The maximum atomic E-state index is 12.2. The van der Waals surface area contributed by atoms with Gasteiger partial charge in [0.15, 0.2) is 5.11 Å². The molecule has 2 aromatic carbocycles. The SMILES string of the molecule is COc1cccc(C(=O)NC(=S)Nc2cccc(/C=C/C(=O)O)c2)c1. The van der Waals surface area contributed by atoms with E-state index in [0.29, 0.717) is 22.6 Å². The van der Waals surface area contributed by atoms with E-state index < -0.39 is 5.97 Å². The van der Waals surface area contributed by atoms with Crippen molar-refractivity contribution in [1.29, 1.82) is 0 Å². The number of amides is 1. The van der Waals surface area contributed by atoms with E-state index >= 15 is 0 Å². The zero-order chi connectivity index (χ0) is 18.2. The minimum atomic E-state index is -1.03. The van der Waals surface area contributed by atoms with Gasteiger partial charge in [-0.2, -0.15) is 0 Å². The molecule has 0 saturated carbocycles. The molecule has 0 aromatic heterocycles. The smallest absolute Gasteiger partial charge is 0.328 e. The maximum Gasteiger partial charge on any atom is 0.328 e. The van der Waals surface area contributed by atoms with Crippen LogP contribution in [0.2, 0.25) is 0 Å². The first kappa shape index (κ1) is 18.2. The topological polar surface area (TPSA) is 87.7 Å². The van der Waals surface area contributed by atoms with E-state index in [0.717, 1.165) is 6.08 Å². The summed E-state index contributed by atoms with van der Waals surface area (Å²) in [5.74, 6) is -0.817. The number of benzene rings is 2. The van der Waals surface area contributed by atoms with Crippen LogP contribution in [0.5, 0.6) is 5.75 Å². The number of methoxy groups -OCH3 is 1. The molecule has 6 nitrogen and oxygen atoms in total. The van der Waals surface area contributed by atoms with Crippen molar-refractivity contribution in [3.05, 3.63) is 65.7 Å². The fourth-order valence-electron chi connectivity index (χ4n) is 1.99. The van der Waals surface area contributed by atoms with Crippen LogP contribution in [0.1, 0.15) is 15.9 Å². The van der Waals surface area contributed by atoms with Crippen LogP contribution < -0.4 is 15.4 Å². The number of thiocarbonyl (C=S) groups is 1. The molecule has 0 saturated heterocycles. The summed E-state index contributed by atoms with van der Waals surface area (Å²) >= 11 is 5.14. The second-order valence-corrected chi connectivity index (χ2v) is 5.35. The number of anilines is 1. The number of carbonyl (C=O) groups is 2. The average molecular weight is 356 g/mol. The Hall–Kier alpha value is -3.19. The Bertz CT molecular complexity index is 833. The molecule has 1 amide bonds. The molecule has 0 aliphatic heterocycles. The van der Waals surface area contributed by atoms with Gasteiger partial charge in [0.25, 0.3) is 5.91 Å². The summed E-state index contributed by atoms with van der Waals surface area (Å²) in [5, 5.41) is 14.3. The van der Waals surface area contributed by atoms with E-state index in [1.807, 2.05) is 0 Å². The van der Waals surface area contributed by atoms with E-state index in [1.165, 1.54) is 13.2 Å². The molecule has 0 spiro atoms. The standard InChI is InChI=1S/C18H16N2O4S/c1-24-15-7-3-5-13(11-15)17(23)20-18(25)19-14-6-2-4-12(10-14)8-9-16(21)22/h2-11H,1H3,(H,21,22)(H2,19,20,23,25)/b9-8+. The molecule has 0 aliphatic carbocycles. The Morgan fingerprint density at radius 1 is 1.16 bits per heavy atom. The van der Waals surface area contributed by atoms with E-state index in [-0.39, 0.29) is 11.0 Å². The second-order valence-electron chi connectivity index (χ2n) is 4.94. The molecule has 7 heteroatoms. The van der Waals surface area contributed by atoms with Gasteiger partial charge >= 0.3 is 5.97 Å². The van der Waals surface area contributed by atoms with Gasteiger partial charge in [-0.25, -0.2) is 4.79 Å². The van der Waals surface area contributed by atoms with Gasteiger partial charge < -0.3 is 15.2 Å². The van der Waals surface area contributed by atoms with Gasteiger partial charge in [0.1, 0.15) is 5.75 Å². The summed E-state index contributed by atoms with van der Waals surface area (Å²) in [5.41, 5.74) is 1.74. The lowest BCUT2D eigenvalue weighted by Gasteiger charge is -2.10. The average Bonchev–Trinajstić information content (AvgIpc) is 2.60. The Morgan fingerprint density at radius 3 is 2.64 bits per heavy atom. The first-order valence-electron chi connectivity index (χ1n) is 7.25. The fourth-order valence-corrected chi connectivity index (χ4v) is 2.20. The largest absolute Gasteiger partial charge is 0.497 e. The number of hydrogen-bond acceptors (Lipinski definition) is 4. The summed E-state index contributed by atoms with van der Waals surface area (Å²) in [6, 6.07) is 13.7. The van der Waals surface area contributed by atoms with Gasteiger partial charge in [0.2, 0.25) is 0 Å². The third kappa shape index (κ3) is 5.74. The summed E-state index contributed by atoms with van der Waals surface area (Å²) < 4.78 is 5.08. The van der Waals surface area contributed by atoms with Gasteiger partial charge in [-0.1, -0.05) is 18.2 Å². The second kappa shape index (κ2) is 8.60. The fraction of sp³-hybridized carbons (Fsp3) is 0.0556. The minimum Gasteiger partial charge on any atom is -0.497 e. The van der Waals surface area contributed by atoms with Gasteiger partial charge in [0.05, 0.1) is 7.11 Å². The summed E-state index contributed by atoms with van der Waals surface area (Å²) in [4.78, 5) is 22.7. The Labute approximate surface area is 150 Å². The van der Waals surface area contributed by atoms with E-state index in [2.05, 4.69) is 10.6 Å². The molecule has 128 valence electrons. The molecule has 0 bridgehead atoms. The molecule has 3 N–H and O–H groups in total. The van der Waals surface area contributed by atoms with Crippen molar-refractivity contribution in [2.24, 2.45) is 0 Å². The van der Waals surface area contributed by atoms with Gasteiger partial charge in [-0.3, -0.25) is 10.1 Å². The highest BCUT2D eigenvalue weighted by Gasteiger charge is 2.09. The maximum absolute atomic E-state index is 12.2. The summed E-state index contributed by atoms with van der Waals surface area (Å²) in [6.07, 6.45) is 2.51. The Morgan fingerprint density at radius 2 is 1.92 bits per heavy atom. The first-order chi connectivity index (χ1) is 12.0. The van der Waals surface area contributed by atoms with E-state index in [9.17, 15) is 9.59 Å². The van der Waals surface area contributed by atoms with Crippen LogP contribution in [0, 0.1) is 0 Å². The van der Waals surface area contributed by atoms with Crippen LogP contribution in [0.25, 0.3) is 6.08 Å².